The van der Waals surface area contributed by atoms with E-state index in [1.807, 2.05) is 24.5 Å². The van der Waals surface area contributed by atoms with E-state index in [1.54, 1.807) is 23.7 Å². The molecule has 1 aromatic carbocycles. The number of thiophene rings is 1. The van der Waals surface area contributed by atoms with Gasteiger partial charge in [0.1, 0.15) is 0 Å². The van der Waals surface area contributed by atoms with Crippen molar-refractivity contribution in [3.63, 3.8) is 0 Å². The zero-order chi connectivity index (χ0) is 17.9. The van der Waals surface area contributed by atoms with Gasteiger partial charge in [-0.25, -0.2) is 15.0 Å². The van der Waals surface area contributed by atoms with Gasteiger partial charge >= 0.3 is 0 Å². The van der Waals surface area contributed by atoms with Crippen LogP contribution in [0.3, 0.4) is 0 Å². The number of hydrogen-bond acceptors (Lipinski definition) is 5. The standard InChI is InChI=1S/C20H19N5S/c1-2-16(17-9-6-10-26-17)25-13-24-18(14-7-4-3-5-8-14)19(25)15-11-22-20(21)23-12-15/h3-13,16H,2H2,1H3,(H2,21,22,23). The summed E-state index contributed by atoms with van der Waals surface area (Å²) in [5.41, 5.74) is 9.60. The lowest BCUT2D eigenvalue weighted by Crippen LogP contribution is -2.09. The van der Waals surface area contributed by atoms with Gasteiger partial charge < -0.3 is 10.3 Å². The number of nitrogens with two attached hydrogens (primary N) is 1. The van der Waals surface area contributed by atoms with Crippen molar-refractivity contribution >= 4 is 17.3 Å². The van der Waals surface area contributed by atoms with Crippen molar-refractivity contribution in [2.75, 3.05) is 5.73 Å². The van der Waals surface area contributed by atoms with Crippen LogP contribution in [0.4, 0.5) is 5.95 Å². The molecule has 1 unspecified atom stereocenters. The lowest BCUT2D eigenvalue weighted by molar-refractivity contribution is 0.580. The molecule has 5 nitrogen and oxygen atoms in total. The molecule has 3 aromatic heterocycles. The van der Waals surface area contributed by atoms with E-state index in [2.05, 4.69) is 51.1 Å². The van der Waals surface area contributed by atoms with Crippen LogP contribution in [0.2, 0.25) is 0 Å². The molecule has 0 fully saturated rings. The van der Waals surface area contributed by atoms with E-state index in [9.17, 15) is 0 Å². The Morgan fingerprint density at radius 3 is 2.42 bits per heavy atom. The highest BCUT2D eigenvalue weighted by Gasteiger charge is 2.22. The van der Waals surface area contributed by atoms with Gasteiger partial charge in [0.2, 0.25) is 5.95 Å². The molecule has 0 spiro atoms. The molecule has 1 atom stereocenters. The highest BCUT2D eigenvalue weighted by molar-refractivity contribution is 7.10. The van der Waals surface area contributed by atoms with Gasteiger partial charge in [-0.15, -0.1) is 11.3 Å². The van der Waals surface area contributed by atoms with Crippen molar-refractivity contribution in [1.29, 1.82) is 0 Å². The minimum Gasteiger partial charge on any atom is -0.368 e. The molecule has 0 saturated carbocycles. The molecule has 0 amide bonds. The summed E-state index contributed by atoms with van der Waals surface area (Å²) in [5.74, 6) is 0.270. The van der Waals surface area contributed by atoms with Crippen molar-refractivity contribution < 1.29 is 0 Å². The molecule has 0 saturated heterocycles. The number of benzene rings is 1. The Morgan fingerprint density at radius 2 is 1.77 bits per heavy atom. The first kappa shape index (κ1) is 16.5. The molecular weight excluding hydrogens is 342 g/mol. The van der Waals surface area contributed by atoms with Crippen LogP contribution >= 0.6 is 11.3 Å². The van der Waals surface area contributed by atoms with Gasteiger partial charge in [0, 0.05) is 28.4 Å². The fourth-order valence-electron chi connectivity index (χ4n) is 3.17. The first-order valence-electron chi connectivity index (χ1n) is 8.51. The molecular formula is C20H19N5S. The molecule has 4 rings (SSSR count). The van der Waals surface area contributed by atoms with E-state index in [-0.39, 0.29) is 12.0 Å². The molecule has 2 N–H and O–H groups in total. The molecule has 0 aliphatic heterocycles. The van der Waals surface area contributed by atoms with Crippen LogP contribution in [0.15, 0.2) is 66.6 Å². The second kappa shape index (κ2) is 7.09. The summed E-state index contributed by atoms with van der Waals surface area (Å²) in [4.78, 5) is 14.4. The van der Waals surface area contributed by atoms with Crippen LogP contribution in [0.1, 0.15) is 24.3 Å². The van der Waals surface area contributed by atoms with Crippen molar-refractivity contribution in [2.24, 2.45) is 0 Å². The Morgan fingerprint density at radius 1 is 1.00 bits per heavy atom. The molecule has 3 heterocycles. The first-order valence-corrected chi connectivity index (χ1v) is 9.39. The number of aromatic nitrogens is 4. The predicted molar refractivity (Wildman–Crippen MR) is 106 cm³/mol. The SMILES string of the molecule is CCC(c1cccs1)n1cnc(-c2ccccc2)c1-c1cnc(N)nc1. The normalized spacial score (nSPS) is 12.2. The maximum atomic E-state index is 5.69. The average Bonchev–Trinajstić information content (AvgIpc) is 3.35. The Bertz CT molecular complexity index is 975. The molecule has 4 aromatic rings. The smallest absolute Gasteiger partial charge is 0.219 e. The Kier molecular flexibility index (Phi) is 4.50. The van der Waals surface area contributed by atoms with Gasteiger partial charge in [-0.2, -0.15) is 0 Å². The zero-order valence-electron chi connectivity index (χ0n) is 14.4. The summed E-state index contributed by atoms with van der Waals surface area (Å²) in [5, 5.41) is 2.11. The minimum atomic E-state index is 0.215. The van der Waals surface area contributed by atoms with Crippen molar-refractivity contribution in [1.82, 2.24) is 19.5 Å². The van der Waals surface area contributed by atoms with Crippen molar-refractivity contribution in [2.45, 2.75) is 19.4 Å². The van der Waals surface area contributed by atoms with Crippen LogP contribution in [0, 0.1) is 0 Å². The van der Waals surface area contributed by atoms with Crippen LogP contribution in [-0.4, -0.2) is 19.5 Å². The predicted octanol–water partition coefficient (Wildman–Crippen LogP) is 4.65. The minimum absolute atomic E-state index is 0.215. The third-order valence-corrected chi connectivity index (χ3v) is 5.35. The number of rotatable bonds is 5. The Balaban J connectivity index is 1.92. The monoisotopic (exact) mass is 361 g/mol. The highest BCUT2D eigenvalue weighted by Crippen LogP contribution is 2.36. The largest absolute Gasteiger partial charge is 0.368 e. The van der Waals surface area contributed by atoms with E-state index >= 15 is 0 Å². The Hall–Kier alpha value is -2.99. The van der Waals surface area contributed by atoms with Crippen LogP contribution < -0.4 is 5.73 Å². The van der Waals surface area contributed by atoms with Gasteiger partial charge in [0.05, 0.1) is 23.8 Å². The maximum absolute atomic E-state index is 5.69. The van der Waals surface area contributed by atoms with Gasteiger partial charge in [-0.05, 0) is 17.9 Å². The third kappa shape index (κ3) is 2.99. The van der Waals surface area contributed by atoms with Gasteiger partial charge in [0.25, 0.3) is 0 Å². The van der Waals surface area contributed by atoms with Crippen molar-refractivity contribution in [3.8, 4) is 22.5 Å². The average molecular weight is 361 g/mol. The van der Waals surface area contributed by atoms with E-state index in [1.165, 1.54) is 4.88 Å². The van der Waals surface area contributed by atoms with Crippen LogP contribution in [-0.2, 0) is 0 Å². The highest BCUT2D eigenvalue weighted by atomic mass is 32.1. The number of anilines is 1. The van der Waals surface area contributed by atoms with Crippen LogP contribution in [0.25, 0.3) is 22.5 Å². The van der Waals surface area contributed by atoms with Crippen LogP contribution in [0.5, 0.6) is 0 Å². The fraction of sp³-hybridized carbons (Fsp3) is 0.150. The number of imidazole rings is 1. The molecule has 0 aliphatic carbocycles. The molecule has 26 heavy (non-hydrogen) atoms. The lowest BCUT2D eigenvalue weighted by atomic mass is 10.1. The summed E-state index contributed by atoms with van der Waals surface area (Å²) in [6, 6.07) is 14.7. The van der Waals surface area contributed by atoms with Gasteiger partial charge in [-0.1, -0.05) is 43.3 Å². The summed E-state index contributed by atoms with van der Waals surface area (Å²) in [7, 11) is 0. The second-order valence-corrected chi connectivity index (χ2v) is 6.96. The molecule has 130 valence electrons. The first-order chi connectivity index (χ1) is 12.8. The lowest BCUT2D eigenvalue weighted by Gasteiger charge is -2.19. The number of nitrogen functional groups attached to an aromatic ring is 1. The molecule has 6 heteroatoms. The van der Waals surface area contributed by atoms with E-state index in [0.29, 0.717) is 0 Å². The molecule has 0 bridgehead atoms. The second-order valence-electron chi connectivity index (χ2n) is 5.98. The quantitative estimate of drug-likeness (QED) is 0.562. The van der Waals surface area contributed by atoms with E-state index in [4.69, 9.17) is 10.7 Å². The molecule has 0 radical (unpaired) electrons. The third-order valence-electron chi connectivity index (χ3n) is 4.38. The number of nitrogens with zero attached hydrogens (tertiary/aromatic N) is 4. The van der Waals surface area contributed by atoms with Gasteiger partial charge in [-0.3, -0.25) is 0 Å². The summed E-state index contributed by atoms with van der Waals surface area (Å²) in [6.45, 7) is 2.19. The zero-order valence-corrected chi connectivity index (χ0v) is 15.2. The molecule has 0 aliphatic rings. The summed E-state index contributed by atoms with van der Waals surface area (Å²) in [6.07, 6.45) is 6.42. The maximum Gasteiger partial charge on any atom is 0.219 e. The summed E-state index contributed by atoms with van der Waals surface area (Å²) < 4.78 is 2.23. The topological polar surface area (TPSA) is 69.6 Å². The Labute approximate surface area is 156 Å². The van der Waals surface area contributed by atoms with Crippen molar-refractivity contribution in [3.05, 3.63) is 71.4 Å². The summed E-state index contributed by atoms with van der Waals surface area (Å²) >= 11 is 1.76. The van der Waals surface area contributed by atoms with E-state index < -0.39 is 0 Å². The van der Waals surface area contributed by atoms with Gasteiger partial charge in [0.15, 0.2) is 0 Å². The number of hydrogen-bond donors (Lipinski definition) is 1. The fourth-order valence-corrected chi connectivity index (χ4v) is 4.08. The van der Waals surface area contributed by atoms with E-state index in [0.717, 1.165) is 28.9 Å².